The number of hydrogen-bond acceptors (Lipinski definition) is 6. The summed E-state index contributed by atoms with van der Waals surface area (Å²) in [4.78, 5) is 32.8. The fourth-order valence-corrected chi connectivity index (χ4v) is 2.86. The molecule has 0 saturated heterocycles. The van der Waals surface area contributed by atoms with Gasteiger partial charge in [0.1, 0.15) is 11.8 Å². The first-order valence-corrected chi connectivity index (χ1v) is 8.15. The Balaban J connectivity index is 1.97. The number of methoxy groups -OCH3 is 1. The van der Waals surface area contributed by atoms with E-state index in [0.29, 0.717) is 16.8 Å². The number of para-hydroxylation sites is 1. The Kier molecular flexibility index (Phi) is 5.14. The summed E-state index contributed by atoms with van der Waals surface area (Å²) in [7, 11) is 1.29. The lowest BCUT2D eigenvalue weighted by Gasteiger charge is -2.13. The third-order valence-corrected chi connectivity index (χ3v) is 4.24. The average Bonchev–Trinajstić information content (AvgIpc) is 2.66. The lowest BCUT2D eigenvalue weighted by Crippen LogP contribution is -2.14. The molecule has 0 unspecified atom stereocenters. The van der Waals surface area contributed by atoms with Crippen LogP contribution in [0.1, 0.15) is 32.0 Å². The maximum Gasteiger partial charge on any atom is 0.341 e. The largest absolute Gasteiger partial charge is 0.465 e. The molecule has 2 aromatic heterocycles. The van der Waals surface area contributed by atoms with Crippen LogP contribution < -0.4 is 0 Å². The second kappa shape index (κ2) is 7.49. The van der Waals surface area contributed by atoms with Crippen LogP contribution >= 0.6 is 11.6 Å². The van der Waals surface area contributed by atoms with Crippen LogP contribution in [0, 0.1) is 6.92 Å². The molecule has 0 radical (unpaired) electrons. The standard InChI is InChI=1S/C19H15ClN2O4/c1-11-12-6-3-4-8-14(12)22-15(16(11)19(24)25-2)10-26-18(23)13-7-5-9-21-17(13)20/h3-9H,10H2,1-2H3. The zero-order chi connectivity index (χ0) is 18.7. The van der Waals surface area contributed by atoms with E-state index in [1.165, 1.54) is 19.4 Å². The predicted molar refractivity (Wildman–Crippen MR) is 96.2 cm³/mol. The number of rotatable bonds is 4. The fourth-order valence-electron chi connectivity index (χ4n) is 2.67. The molecular weight excluding hydrogens is 356 g/mol. The Hall–Kier alpha value is -2.99. The lowest BCUT2D eigenvalue weighted by molar-refractivity contribution is 0.0455. The number of esters is 2. The van der Waals surface area contributed by atoms with Gasteiger partial charge in [0.2, 0.25) is 0 Å². The van der Waals surface area contributed by atoms with E-state index >= 15 is 0 Å². The number of aromatic nitrogens is 2. The minimum atomic E-state index is -0.647. The van der Waals surface area contributed by atoms with Gasteiger partial charge >= 0.3 is 11.9 Å². The summed E-state index contributed by atoms with van der Waals surface area (Å²) < 4.78 is 10.2. The molecule has 132 valence electrons. The second-order valence-electron chi connectivity index (χ2n) is 5.49. The summed E-state index contributed by atoms with van der Waals surface area (Å²) in [6, 6.07) is 10.5. The molecule has 3 rings (SSSR count). The van der Waals surface area contributed by atoms with E-state index in [2.05, 4.69) is 9.97 Å². The van der Waals surface area contributed by atoms with Gasteiger partial charge in [0.25, 0.3) is 0 Å². The van der Waals surface area contributed by atoms with E-state index in [-0.39, 0.29) is 22.9 Å². The van der Waals surface area contributed by atoms with Crippen molar-refractivity contribution in [1.82, 2.24) is 9.97 Å². The molecule has 2 heterocycles. The number of benzene rings is 1. The number of aryl methyl sites for hydroxylation is 1. The van der Waals surface area contributed by atoms with Gasteiger partial charge in [-0.3, -0.25) is 0 Å². The van der Waals surface area contributed by atoms with Crippen LogP contribution in [-0.4, -0.2) is 29.0 Å². The number of hydrogen-bond donors (Lipinski definition) is 0. The molecule has 3 aromatic rings. The third-order valence-electron chi connectivity index (χ3n) is 3.94. The first kappa shape index (κ1) is 17.8. The molecule has 0 saturated carbocycles. The van der Waals surface area contributed by atoms with Crippen molar-refractivity contribution in [2.75, 3.05) is 7.11 Å². The molecule has 6 nitrogen and oxygen atoms in total. The normalized spacial score (nSPS) is 10.6. The predicted octanol–water partition coefficient (Wildman–Crippen LogP) is 3.74. The molecule has 0 aliphatic rings. The SMILES string of the molecule is COC(=O)c1c(COC(=O)c2cccnc2Cl)nc2ccccc2c1C. The molecule has 26 heavy (non-hydrogen) atoms. The number of pyridine rings is 2. The number of carbonyl (C=O) groups excluding carboxylic acids is 2. The number of fused-ring (bicyclic) bond motifs is 1. The van der Waals surface area contributed by atoms with E-state index < -0.39 is 11.9 Å². The number of halogens is 1. The van der Waals surface area contributed by atoms with Gasteiger partial charge in [-0.05, 0) is 30.7 Å². The van der Waals surface area contributed by atoms with Crippen molar-refractivity contribution in [3.8, 4) is 0 Å². The third kappa shape index (κ3) is 3.36. The van der Waals surface area contributed by atoms with Crippen molar-refractivity contribution in [2.24, 2.45) is 0 Å². The molecule has 1 aromatic carbocycles. The maximum atomic E-state index is 12.2. The van der Waals surface area contributed by atoms with Gasteiger partial charge in [0.05, 0.1) is 29.4 Å². The average molecular weight is 371 g/mol. The lowest BCUT2D eigenvalue weighted by atomic mass is 10.0. The van der Waals surface area contributed by atoms with Gasteiger partial charge in [-0.25, -0.2) is 19.6 Å². The quantitative estimate of drug-likeness (QED) is 0.514. The van der Waals surface area contributed by atoms with Crippen LogP contribution in [0.15, 0.2) is 42.6 Å². The Morgan fingerprint density at radius 1 is 1.12 bits per heavy atom. The van der Waals surface area contributed by atoms with Crippen LogP contribution in [0.2, 0.25) is 5.15 Å². The topological polar surface area (TPSA) is 78.4 Å². The molecule has 0 N–H and O–H groups in total. The summed E-state index contributed by atoms with van der Waals surface area (Å²) in [5.74, 6) is -1.18. The molecule has 7 heteroatoms. The van der Waals surface area contributed by atoms with Crippen molar-refractivity contribution in [3.05, 3.63) is 70.1 Å². The first-order valence-electron chi connectivity index (χ1n) is 7.77. The number of nitrogens with zero attached hydrogens (tertiary/aromatic N) is 2. The van der Waals surface area contributed by atoms with Crippen molar-refractivity contribution < 1.29 is 19.1 Å². The minimum absolute atomic E-state index is 0.0494. The highest BCUT2D eigenvalue weighted by Crippen LogP contribution is 2.24. The molecule has 0 spiro atoms. The summed E-state index contributed by atoms with van der Waals surface area (Å²) in [6.45, 7) is 1.61. The highest BCUT2D eigenvalue weighted by molar-refractivity contribution is 6.32. The zero-order valence-electron chi connectivity index (χ0n) is 14.2. The molecule has 0 amide bonds. The summed E-state index contributed by atoms with van der Waals surface area (Å²) >= 11 is 5.91. The minimum Gasteiger partial charge on any atom is -0.465 e. The van der Waals surface area contributed by atoms with Crippen molar-refractivity contribution in [1.29, 1.82) is 0 Å². The first-order chi connectivity index (χ1) is 12.5. The molecule has 0 atom stereocenters. The van der Waals surface area contributed by atoms with E-state index in [4.69, 9.17) is 21.1 Å². The summed E-state index contributed by atoms with van der Waals surface area (Å²) in [6.07, 6.45) is 1.47. The molecule has 0 aliphatic heterocycles. The van der Waals surface area contributed by atoms with Crippen molar-refractivity contribution in [2.45, 2.75) is 13.5 Å². The summed E-state index contributed by atoms with van der Waals surface area (Å²) in [5, 5.41) is 0.881. The van der Waals surface area contributed by atoms with Gasteiger partial charge in [-0.2, -0.15) is 0 Å². The zero-order valence-corrected chi connectivity index (χ0v) is 14.9. The second-order valence-corrected chi connectivity index (χ2v) is 5.84. The van der Waals surface area contributed by atoms with Gasteiger partial charge in [0, 0.05) is 11.6 Å². The molecular formula is C19H15ClN2O4. The van der Waals surface area contributed by atoms with Crippen LogP contribution in [0.25, 0.3) is 10.9 Å². The van der Waals surface area contributed by atoms with Gasteiger partial charge in [-0.1, -0.05) is 29.8 Å². The molecule has 0 bridgehead atoms. The van der Waals surface area contributed by atoms with E-state index in [1.807, 2.05) is 24.3 Å². The number of carbonyl (C=O) groups is 2. The van der Waals surface area contributed by atoms with Gasteiger partial charge in [0.15, 0.2) is 0 Å². The smallest absolute Gasteiger partial charge is 0.341 e. The van der Waals surface area contributed by atoms with Gasteiger partial charge in [-0.15, -0.1) is 0 Å². The maximum absolute atomic E-state index is 12.2. The fraction of sp³-hybridized carbons (Fsp3) is 0.158. The van der Waals surface area contributed by atoms with E-state index in [0.717, 1.165) is 5.39 Å². The monoisotopic (exact) mass is 370 g/mol. The Morgan fingerprint density at radius 3 is 2.62 bits per heavy atom. The number of ether oxygens (including phenoxy) is 2. The molecule has 0 aliphatic carbocycles. The van der Waals surface area contributed by atoms with E-state index in [9.17, 15) is 9.59 Å². The Labute approximate surface area is 154 Å². The van der Waals surface area contributed by atoms with E-state index in [1.54, 1.807) is 13.0 Å². The van der Waals surface area contributed by atoms with Crippen LogP contribution in [0.4, 0.5) is 0 Å². The Bertz CT molecular complexity index is 1000. The van der Waals surface area contributed by atoms with Crippen LogP contribution in [0.5, 0.6) is 0 Å². The highest BCUT2D eigenvalue weighted by atomic mass is 35.5. The molecule has 0 fully saturated rings. The van der Waals surface area contributed by atoms with Crippen molar-refractivity contribution >= 4 is 34.4 Å². The Morgan fingerprint density at radius 2 is 1.88 bits per heavy atom. The van der Waals surface area contributed by atoms with Crippen LogP contribution in [0.3, 0.4) is 0 Å². The highest BCUT2D eigenvalue weighted by Gasteiger charge is 2.21. The van der Waals surface area contributed by atoms with Crippen molar-refractivity contribution in [3.63, 3.8) is 0 Å². The summed E-state index contributed by atoms with van der Waals surface area (Å²) in [5.41, 5.74) is 2.17. The van der Waals surface area contributed by atoms with Crippen LogP contribution in [-0.2, 0) is 16.1 Å². The van der Waals surface area contributed by atoms with Gasteiger partial charge < -0.3 is 9.47 Å².